The Morgan fingerprint density at radius 2 is 1.88 bits per heavy atom. The molecule has 0 saturated carbocycles. The van der Waals surface area contributed by atoms with Crippen LogP contribution in [-0.4, -0.2) is 32.1 Å². The third kappa shape index (κ3) is 4.82. The van der Waals surface area contributed by atoms with Gasteiger partial charge in [0, 0.05) is 6.42 Å². The molecule has 1 N–H and O–H groups in total. The van der Waals surface area contributed by atoms with Gasteiger partial charge >= 0.3 is 5.97 Å². The second-order valence-electron chi connectivity index (χ2n) is 7.84. The van der Waals surface area contributed by atoms with Crippen molar-refractivity contribution in [3.05, 3.63) is 77.1 Å². The molecule has 0 amide bonds. The van der Waals surface area contributed by atoms with Gasteiger partial charge in [-0.25, -0.2) is 12.8 Å². The monoisotopic (exact) mass is 489 g/mol. The van der Waals surface area contributed by atoms with Crippen molar-refractivity contribution in [2.45, 2.75) is 30.8 Å². The first-order chi connectivity index (χ1) is 15.6. The number of ether oxygens (including phenoxy) is 1. The van der Waals surface area contributed by atoms with Crippen molar-refractivity contribution in [1.82, 2.24) is 0 Å². The van der Waals surface area contributed by atoms with Crippen LogP contribution >= 0.6 is 11.6 Å². The van der Waals surface area contributed by atoms with Gasteiger partial charge in [-0.05, 0) is 66.4 Å². The maximum atomic E-state index is 13.6. The Kier molecular flexibility index (Phi) is 6.32. The highest BCUT2D eigenvalue weighted by molar-refractivity contribution is 7.92. The Labute approximate surface area is 196 Å². The smallest absolute Gasteiger partial charge is 0.303 e. The van der Waals surface area contributed by atoms with Crippen molar-refractivity contribution in [1.29, 1.82) is 0 Å². The van der Waals surface area contributed by atoms with Crippen molar-refractivity contribution in [3.63, 3.8) is 0 Å². The molecule has 33 heavy (non-hydrogen) atoms. The van der Waals surface area contributed by atoms with Crippen molar-refractivity contribution in [3.8, 4) is 16.9 Å². The van der Waals surface area contributed by atoms with Gasteiger partial charge in [0.1, 0.15) is 17.7 Å². The van der Waals surface area contributed by atoms with Gasteiger partial charge in [0.15, 0.2) is 0 Å². The number of carbonyl (C=O) groups is 1. The maximum absolute atomic E-state index is 13.6. The van der Waals surface area contributed by atoms with E-state index in [-0.39, 0.29) is 29.3 Å². The minimum atomic E-state index is -3.96. The summed E-state index contributed by atoms with van der Waals surface area (Å²) in [6.45, 7) is 1.77. The summed E-state index contributed by atoms with van der Waals surface area (Å²) in [5, 5.41) is 9.01. The molecular weight excluding hydrogens is 469 g/mol. The summed E-state index contributed by atoms with van der Waals surface area (Å²) in [5.41, 5.74) is 2.36. The van der Waals surface area contributed by atoms with Crippen LogP contribution in [0.4, 0.5) is 10.1 Å². The normalized spacial score (nSPS) is 15.6. The lowest BCUT2D eigenvalue weighted by atomic mass is 10.0. The van der Waals surface area contributed by atoms with Gasteiger partial charge in [-0.15, -0.1) is 0 Å². The molecule has 172 valence electrons. The molecule has 1 aliphatic rings. The van der Waals surface area contributed by atoms with Gasteiger partial charge in [0.25, 0.3) is 10.0 Å². The highest BCUT2D eigenvalue weighted by Crippen LogP contribution is 2.41. The van der Waals surface area contributed by atoms with Crippen molar-refractivity contribution in [2.24, 2.45) is 0 Å². The van der Waals surface area contributed by atoms with Crippen molar-refractivity contribution < 1.29 is 27.4 Å². The molecule has 0 fully saturated rings. The maximum Gasteiger partial charge on any atom is 0.303 e. The van der Waals surface area contributed by atoms with E-state index in [9.17, 15) is 17.6 Å². The van der Waals surface area contributed by atoms with Crippen LogP contribution in [0, 0.1) is 12.7 Å². The van der Waals surface area contributed by atoms with Crippen molar-refractivity contribution >= 4 is 33.3 Å². The molecule has 0 saturated heterocycles. The molecule has 4 rings (SSSR count). The zero-order chi connectivity index (χ0) is 23.8. The van der Waals surface area contributed by atoms with Gasteiger partial charge in [-0.3, -0.25) is 9.10 Å². The Bertz CT molecular complexity index is 1330. The average molecular weight is 490 g/mol. The van der Waals surface area contributed by atoms with Crippen LogP contribution in [0.3, 0.4) is 0 Å². The molecule has 6 nitrogen and oxygen atoms in total. The SMILES string of the molecule is Cc1cccc(S(=O)(=O)N2C[C@H](CCC(=O)O)Oc3ccc(-c4ccc(F)c(Cl)c4)cc32)c1. The van der Waals surface area contributed by atoms with E-state index in [4.69, 9.17) is 21.4 Å². The number of rotatable bonds is 6. The zero-order valence-electron chi connectivity index (χ0n) is 17.7. The first-order valence-electron chi connectivity index (χ1n) is 10.2. The molecule has 0 spiro atoms. The molecule has 0 radical (unpaired) electrons. The Hall–Kier alpha value is -3.10. The average Bonchev–Trinajstić information content (AvgIpc) is 2.78. The second kappa shape index (κ2) is 9.03. The van der Waals surface area contributed by atoms with E-state index >= 15 is 0 Å². The molecule has 0 aliphatic carbocycles. The summed E-state index contributed by atoms with van der Waals surface area (Å²) in [5.74, 6) is -1.21. The number of hydrogen-bond donors (Lipinski definition) is 1. The molecule has 1 aliphatic heterocycles. The molecule has 0 aromatic heterocycles. The number of aryl methyl sites for hydroxylation is 1. The summed E-state index contributed by atoms with van der Waals surface area (Å²) in [7, 11) is -3.96. The lowest BCUT2D eigenvalue weighted by molar-refractivity contribution is -0.137. The number of fused-ring (bicyclic) bond motifs is 1. The number of aliphatic carboxylic acids is 1. The first-order valence-corrected chi connectivity index (χ1v) is 12.0. The van der Waals surface area contributed by atoms with Crippen LogP contribution < -0.4 is 9.04 Å². The van der Waals surface area contributed by atoms with Crippen LogP contribution in [0.25, 0.3) is 11.1 Å². The number of nitrogens with zero attached hydrogens (tertiary/aromatic N) is 1. The Balaban J connectivity index is 1.80. The number of hydrogen-bond acceptors (Lipinski definition) is 4. The molecule has 9 heteroatoms. The molecular formula is C24H21ClFNO5S. The van der Waals surface area contributed by atoms with E-state index in [2.05, 4.69) is 0 Å². The molecule has 1 atom stereocenters. The molecule has 0 unspecified atom stereocenters. The number of benzene rings is 3. The predicted molar refractivity (Wildman–Crippen MR) is 124 cm³/mol. The summed E-state index contributed by atoms with van der Waals surface area (Å²) >= 11 is 5.93. The summed E-state index contributed by atoms with van der Waals surface area (Å²) in [6, 6.07) is 15.9. The van der Waals surface area contributed by atoms with Gasteiger partial charge in [-0.1, -0.05) is 35.9 Å². The highest BCUT2D eigenvalue weighted by Gasteiger charge is 2.35. The number of halogens is 2. The fraction of sp³-hybridized carbons (Fsp3) is 0.208. The Morgan fingerprint density at radius 1 is 1.15 bits per heavy atom. The summed E-state index contributed by atoms with van der Waals surface area (Å²) < 4.78 is 48.0. The van der Waals surface area contributed by atoms with Crippen LogP contribution in [-0.2, 0) is 14.8 Å². The second-order valence-corrected chi connectivity index (χ2v) is 10.1. The summed E-state index contributed by atoms with van der Waals surface area (Å²) in [4.78, 5) is 11.2. The van der Waals surface area contributed by atoms with Crippen molar-refractivity contribution in [2.75, 3.05) is 10.8 Å². The van der Waals surface area contributed by atoms with E-state index in [1.54, 1.807) is 49.4 Å². The van der Waals surface area contributed by atoms with E-state index in [0.29, 0.717) is 22.6 Å². The minimum absolute atomic E-state index is 0.0375. The molecule has 1 heterocycles. The number of sulfonamides is 1. The molecule has 3 aromatic rings. The van der Waals surface area contributed by atoms with Crippen LogP contribution in [0.2, 0.25) is 5.02 Å². The minimum Gasteiger partial charge on any atom is -0.486 e. The van der Waals surface area contributed by atoms with E-state index in [0.717, 1.165) is 5.56 Å². The predicted octanol–water partition coefficient (Wildman–Crippen LogP) is 5.28. The third-order valence-corrected chi connectivity index (χ3v) is 7.47. The Morgan fingerprint density at radius 3 is 2.58 bits per heavy atom. The summed E-state index contributed by atoms with van der Waals surface area (Å²) in [6.07, 6.45) is -0.617. The quantitative estimate of drug-likeness (QED) is 0.509. The fourth-order valence-corrected chi connectivity index (χ4v) is 5.52. The van der Waals surface area contributed by atoms with Gasteiger partial charge in [0.05, 0.1) is 22.2 Å². The molecule has 0 bridgehead atoms. The van der Waals surface area contributed by atoms with Crippen LogP contribution in [0.1, 0.15) is 18.4 Å². The van der Waals surface area contributed by atoms with E-state index < -0.39 is 27.9 Å². The van der Waals surface area contributed by atoms with Gasteiger partial charge in [0.2, 0.25) is 0 Å². The highest BCUT2D eigenvalue weighted by atomic mass is 35.5. The third-order valence-electron chi connectivity index (χ3n) is 5.40. The number of carboxylic acids is 1. The fourth-order valence-electron chi connectivity index (χ4n) is 3.73. The van der Waals surface area contributed by atoms with Gasteiger partial charge < -0.3 is 9.84 Å². The standard InChI is InChI=1S/C24H21ClFNO5S/c1-15-3-2-4-19(11-15)33(30,31)27-14-18(7-10-24(28)29)32-23-9-6-17(13-22(23)27)16-5-8-21(26)20(25)12-16/h2-6,8-9,11-13,18H,7,10,14H2,1H3,(H,28,29)/t18-/m0/s1. The first kappa shape index (κ1) is 23.1. The van der Waals surface area contributed by atoms with Gasteiger partial charge in [-0.2, -0.15) is 0 Å². The largest absolute Gasteiger partial charge is 0.486 e. The lowest BCUT2D eigenvalue weighted by Crippen LogP contribution is -2.43. The number of anilines is 1. The van der Waals surface area contributed by atoms with E-state index in [1.807, 2.05) is 0 Å². The van der Waals surface area contributed by atoms with Crippen LogP contribution in [0.15, 0.2) is 65.6 Å². The molecule has 3 aromatic carbocycles. The van der Waals surface area contributed by atoms with E-state index in [1.165, 1.54) is 22.5 Å². The topological polar surface area (TPSA) is 83.9 Å². The number of carboxylic acid groups (broad SMARTS) is 1. The lowest BCUT2D eigenvalue weighted by Gasteiger charge is -2.35. The van der Waals surface area contributed by atoms with Crippen LogP contribution in [0.5, 0.6) is 5.75 Å². The zero-order valence-corrected chi connectivity index (χ0v) is 19.2.